The molecule has 2 bridgehead atoms. The number of hydrogen-bond donors (Lipinski definition) is 0. The van der Waals surface area contributed by atoms with Crippen LogP contribution >= 0.6 is 0 Å². The van der Waals surface area contributed by atoms with Crippen molar-refractivity contribution in [3.63, 3.8) is 0 Å². The standard InChI is InChI=1S/C18H25NO/c1-11-6-14-16(9-18(2,3)10-17(14)20)19(11)15-8-12-4-5-13(15)7-12/h6,12-13,15H,4-5,7-10H2,1-3H3. The van der Waals surface area contributed by atoms with Crippen LogP contribution in [0.1, 0.15) is 73.7 Å². The molecule has 108 valence electrons. The molecule has 2 saturated carbocycles. The van der Waals surface area contributed by atoms with Crippen molar-refractivity contribution in [1.82, 2.24) is 4.57 Å². The molecule has 3 unspecified atom stereocenters. The van der Waals surface area contributed by atoms with E-state index in [-0.39, 0.29) is 5.41 Å². The number of nitrogens with zero attached hydrogens (tertiary/aromatic N) is 1. The number of hydrogen-bond acceptors (Lipinski definition) is 1. The molecule has 0 spiro atoms. The van der Waals surface area contributed by atoms with Gasteiger partial charge in [0.2, 0.25) is 0 Å². The number of carbonyl (C=O) groups is 1. The molecule has 0 aromatic carbocycles. The largest absolute Gasteiger partial charge is 0.345 e. The number of ketones is 1. The van der Waals surface area contributed by atoms with Gasteiger partial charge in [0.25, 0.3) is 0 Å². The van der Waals surface area contributed by atoms with Gasteiger partial charge in [-0.1, -0.05) is 20.3 Å². The van der Waals surface area contributed by atoms with Crippen molar-refractivity contribution in [2.75, 3.05) is 0 Å². The van der Waals surface area contributed by atoms with Crippen molar-refractivity contribution in [3.05, 3.63) is 23.0 Å². The summed E-state index contributed by atoms with van der Waals surface area (Å²) in [7, 11) is 0. The minimum Gasteiger partial charge on any atom is -0.345 e. The number of fused-ring (bicyclic) bond motifs is 3. The normalized spacial score (nSPS) is 34.5. The van der Waals surface area contributed by atoms with E-state index in [0.717, 1.165) is 23.8 Å². The van der Waals surface area contributed by atoms with Gasteiger partial charge in [-0.05, 0) is 55.9 Å². The van der Waals surface area contributed by atoms with Gasteiger partial charge >= 0.3 is 0 Å². The Balaban J connectivity index is 1.80. The third-order valence-corrected chi connectivity index (χ3v) is 5.95. The molecule has 3 aliphatic rings. The molecule has 2 fully saturated rings. The van der Waals surface area contributed by atoms with Crippen molar-refractivity contribution < 1.29 is 4.79 Å². The summed E-state index contributed by atoms with van der Waals surface area (Å²) in [5.74, 6) is 2.19. The smallest absolute Gasteiger partial charge is 0.165 e. The first-order chi connectivity index (χ1) is 9.44. The fourth-order valence-electron chi connectivity index (χ4n) is 5.16. The Morgan fingerprint density at radius 1 is 1.20 bits per heavy atom. The van der Waals surface area contributed by atoms with Gasteiger partial charge in [0.1, 0.15) is 0 Å². The maximum absolute atomic E-state index is 12.4. The molecule has 4 rings (SSSR count). The predicted molar refractivity (Wildman–Crippen MR) is 80.1 cm³/mol. The second-order valence-corrected chi connectivity index (χ2v) is 8.20. The van der Waals surface area contributed by atoms with Gasteiger partial charge in [-0.2, -0.15) is 0 Å². The molecule has 3 atom stereocenters. The molecule has 3 aliphatic carbocycles. The lowest BCUT2D eigenvalue weighted by Crippen LogP contribution is -2.30. The highest BCUT2D eigenvalue weighted by Crippen LogP contribution is 2.52. The highest BCUT2D eigenvalue weighted by Gasteiger charge is 2.43. The van der Waals surface area contributed by atoms with E-state index < -0.39 is 0 Å². The van der Waals surface area contributed by atoms with Crippen LogP contribution in [0.3, 0.4) is 0 Å². The number of rotatable bonds is 1. The fraction of sp³-hybridized carbons (Fsp3) is 0.722. The minimum atomic E-state index is 0.129. The predicted octanol–water partition coefficient (Wildman–Crippen LogP) is 4.31. The third-order valence-electron chi connectivity index (χ3n) is 5.95. The summed E-state index contributed by atoms with van der Waals surface area (Å²) in [6, 6.07) is 2.85. The van der Waals surface area contributed by atoms with Crippen LogP contribution in [0.5, 0.6) is 0 Å². The van der Waals surface area contributed by atoms with Gasteiger partial charge in [-0.25, -0.2) is 0 Å². The summed E-state index contributed by atoms with van der Waals surface area (Å²) in [6.45, 7) is 6.67. The van der Waals surface area contributed by atoms with E-state index in [4.69, 9.17) is 0 Å². The average Bonchev–Trinajstić information content (AvgIpc) is 3.01. The Hall–Kier alpha value is -1.05. The number of aromatic nitrogens is 1. The molecule has 1 aromatic rings. The van der Waals surface area contributed by atoms with Gasteiger partial charge in [0.15, 0.2) is 5.78 Å². The molecular weight excluding hydrogens is 246 g/mol. The van der Waals surface area contributed by atoms with E-state index in [1.165, 1.54) is 37.1 Å². The molecule has 2 heteroatoms. The lowest BCUT2D eigenvalue weighted by atomic mass is 9.76. The summed E-state index contributed by atoms with van der Waals surface area (Å²) in [5.41, 5.74) is 3.83. The molecule has 1 heterocycles. The number of carbonyl (C=O) groups excluding carboxylic acids is 1. The Kier molecular flexibility index (Phi) is 2.53. The molecular formula is C18H25NO. The minimum absolute atomic E-state index is 0.129. The number of Topliss-reactive ketones (excluding diaryl/α,β-unsaturated/α-hetero) is 1. The van der Waals surface area contributed by atoms with Crippen LogP contribution in [-0.4, -0.2) is 10.4 Å². The quantitative estimate of drug-likeness (QED) is 0.746. The van der Waals surface area contributed by atoms with Gasteiger partial charge in [0, 0.05) is 29.4 Å². The first kappa shape index (κ1) is 12.7. The summed E-state index contributed by atoms with van der Waals surface area (Å²) in [4.78, 5) is 12.4. The van der Waals surface area contributed by atoms with Crippen LogP contribution < -0.4 is 0 Å². The average molecular weight is 271 g/mol. The first-order valence-corrected chi connectivity index (χ1v) is 8.18. The first-order valence-electron chi connectivity index (χ1n) is 8.18. The Labute approximate surface area is 121 Å². The van der Waals surface area contributed by atoms with Crippen molar-refractivity contribution in [1.29, 1.82) is 0 Å². The molecule has 2 nitrogen and oxygen atoms in total. The lowest BCUT2D eigenvalue weighted by Gasteiger charge is -2.33. The second-order valence-electron chi connectivity index (χ2n) is 8.20. The van der Waals surface area contributed by atoms with Gasteiger partial charge in [-0.15, -0.1) is 0 Å². The SMILES string of the molecule is Cc1cc2c(n1C1CC3CCC1C3)CC(C)(C)CC2=O. The highest BCUT2D eigenvalue weighted by molar-refractivity contribution is 5.99. The van der Waals surface area contributed by atoms with Crippen LogP contribution in [0, 0.1) is 24.2 Å². The van der Waals surface area contributed by atoms with E-state index in [2.05, 4.69) is 31.4 Å². The zero-order valence-corrected chi connectivity index (χ0v) is 12.9. The van der Waals surface area contributed by atoms with Gasteiger partial charge in [-0.3, -0.25) is 4.79 Å². The molecule has 20 heavy (non-hydrogen) atoms. The van der Waals surface area contributed by atoms with Crippen molar-refractivity contribution in [2.24, 2.45) is 17.3 Å². The van der Waals surface area contributed by atoms with Gasteiger partial charge in [0.05, 0.1) is 0 Å². The van der Waals surface area contributed by atoms with Crippen LogP contribution in [-0.2, 0) is 6.42 Å². The van der Waals surface area contributed by atoms with Crippen LogP contribution in [0.4, 0.5) is 0 Å². The number of aryl methyl sites for hydroxylation is 1. The van der Waals surface area contributed by atoms with E-state index >= 15 is 0 Å². The maximum Gasteiger partial charge on any atom is 0.165 e. The molecule has 0 aliphatic heterocycles. The van der Waals surface area contributed by atoms with Crippen LogP contribution in [0.2, 0.25) is 0 Å². The topological polar surface area (TPSA) is 22.0 Å². The molecule has 0 saturated heterocycles. The molecule has 0 radical (unpaired) electrons. The highest BCUT2D eigenvalue weighted by atomic mass is 16.1. The summed E-state index contributed by atoms with van der Waals surface area (Å²) < 4.78 is 2.57. The zero-order chi connectivity index (χ0) is 14.1. The maximum atomic E-state index is 12.4. The van der Waals surface area contributed by atoms with E-state index in [1.54, 1.807) is 0 Å². The Morgan fingerprint density at radius 2 is 2.00 bits per heavy atom. The van der Waals surface area contributed by atoms with E-state index in [9.17, 15) is 4.79 Å². The summed E-state index contributed by atoms with van der Waals surface area (Å²) in [5, 5.41) is 0. The van der Waals surface area contributed by atoms with E-state index in [0.29, 0.717) is 18.2 Å². The summed E-state index contributed by atoms with van der Waals surface area (Å²) in [6.07, 6.45) is 7.39. The fourth-order valence-corrected chi connectivity index (χ4v) is 5.16. The van der Waals surface area contributed by atoms with Crippen LogP contribution in [0.25, 0.3) is 0 Å². The van der Waals surface area contributed by atoms with Crippen molar-refractivity contribution >= 4 is 5.78 Å². The molecule has 1 aromatic heterocycles. The zero-order valence-electron chi connectivity index (χ0n) is 12.9. The third kappa shape index (κ3) is 1.73. The summed E-state index contributed by atoms with van der Waals surface area (Å²) >= 11 is 0. The molecule has 0 N–H and O–H groups in total. The van der Waals surface area contributed by atoms with Crippen LogP contribution in [0.15, 0.2) is 6.07 Å². The molecule has 0 amide bonds. The van der Waals surface area contributed by atoms with Crippen molar-refractivity contribution in [2.45, 2.75) is 65.3 Å². The lowest BCUT2D eigenvalue weighted by molar-refractivity contribution is 0.0908. The monoisotopic (exact) mass is 271 g/mol. The van der Waals surface area contributed by atoms with Gasteiger partial charge < -0.3 is 4.57 Å². The van der Waals surface area contributed by atoms with Crippen molar-refractivity contribution in [3.8, 4) is 0 Å². The Bertz CT molecular complexity index is 580. The Morgan fingerprint density at radius 3 is 2.65 bits per heavy atom. The van der Waals surface area contributed by atoms with E-state index in [1.807, 2.05) is 0 Å². The second kappa shape index (κ2) is 3.99.